The number of allylic oxidation sites excluding steroid dienone is 1. The molecule has 1 amide bonds. The number of hydrogen-bond donors (Lipinski definition) is 1. The standard InChI is InChI=1S/C20H25NO5/c1-5-7-11-21-13(3)17(20(24)25-4)15(19(21)23)12-14-9-8-10-16(18(14)22)26-6-2/h8-10,12,22H,5-7,11H2,1-4H3/b15-12-. The highest BCUT2D eigenvalue weighted by Gasteiger charge is 2.36. The zero-order valence-corrected chi connectivity index (χ0v) is 15.7. The minimum absolute atomic E-state index is 0.0662. The zero-order valence-electron chi connectivity index (χ0n) is 15.7. The van der Waals surface area contributed by atoms with E-state index in [9.17, 15) is 14.7 Å². The number of para-hydroxylation sites is 1. The minimum atomic E-state index is -0.568. The Kier molecular flexibility index (Phi) is 6.44. The van der Waals surface area contributed by atoms with Gasteiger partial charge in [-0.25, -0.2) is 4.79 Å². The van der Waals surface area contributed by atoms with Crippen molar-refractivity contribution in [2.45, 2.75) is 33.6 Å². The van der Waals surface area contributed by atoms with Gasteiger partial charge in [0.2, 0.25) is 0 Å². The van der Waals surface area contributed by atoms with Gasteiger partial charge in [0.15, 0.2) is 11.5 Å². The molecule has 26 heavy (non-hydrogen) atoms. The summed E-state index contributed by atoms with van der Waals surface area (Å²) < 4.78 is 10.2. The number of nitrogens with zero attached hydrogens (tertiary/aromatic N) is 1. The Morgan fingerprint density at radius 2 is 2.04 bits per heavy atom. The van der Waals surface area contributed by atoms with Crippen LogP contribution in [0.25, 0.3) is 6.08 Å². The van der Waals surface area contributed by atoms with Crippen LogP contribution in [0.1, 0.15) is 39.2 Å². The second-order valence-electron chi connectivity index (χ2n) is 5.95. The third-order valence-corrected chi connectivity index (χ3v) is 4.27. The molecule has 0 atom stereocenters. The lowest BCUT2D eigenvalue weighted by atomic mass is 10.0. The highest BCUT2D eigenvalue weighted by atomic mass is 16.5. The molecule has 0 aromatic heterocycles. The molecular formula is C20H25NO5. The summed E-state index contributed by atoms with van der Waals surface area (Å²) in [6.07, 6.45) is 3.28. The van der Waals surface area contributed by atoms with Gasteiger partial charge in [-0.15, -0.1) is 0 Å². The van der Waals surface area contributed by atoms with Crippen LogP contribution in [0.3, 0.4) is 0 Å². The maximum Gasteiger partial charge on any atom is 0.340 e. The van der Waals surface area contributed by atoms with Crippen molar-refractivity contribution in [3.05, 3.63) is 40.6 Å². The number of ether oxygens (including phenoxy) is 2. The summed E-state index contributed by atoms with van der Waals surface area (Å²) in [6, 6.07) is 5.03. The maximum atomic E-state index is 12.9. The van der Waals surface area contributed by atoms with E-state index in [1.807, 2.05) is 13.8 Å². The molecule has 6 nitrogen and oxygen atoms in total. The van der Waals surface area contributed by atoms with Crippen molar-refractivity contribution in [2.75, 3.05) is 20.3 Å². The van der Waals surface area contributed by atoms with E-state index in [4.69, 9.17) is 9.47 Å². The molecule has 0 unspecified atom stereocenters. The molecule has 1 heterocycles. The van der Waals surface area contributed by atoms with Crippen LogP contribution in [0.4, 0.5) is 0 Å². The molecule has 140 valence electrons. The van der Waals surface area contributed by atoms with Gasteiger partial charge in [0, 0.05) is 17.8 Å². The molecule has 1 N–H and O–H groups in total. The molecule has 0 saturated carbocycles. The molecule has 1 aromatic carbocycles. The van der Waals surface area contributed by atoms with Gasteiger partial charge in [0.05, 0.1) is 24.9 Å². The summed E-state index contributed by atoms with van der Waals surface area (Å²) in [6.45, 7) is 6.53. The predicted octanol–water partition coefficient (Wildman–Crippen LogP) is 3.26. The molecule has 0 aliphatic carbocycles. The van der Waals surface area contributed by atoms with Crippen molar-refractivity contribution in [3.8, 4) is 11.5 Å². The van der Waals surface area contributed by atoms with Crippen molar-refractivity contribution < 1.29 is 24.2 Å². The Hall–Kier alpha value is -2.76. The first-order valence-electron chi connectivity index (χ1n) is 8.74. The molecule has 0 spiro atoms. The smallest absolute Gasteiger partial charge is 0.340 e. The molecule has 0 radical (unpaired) electrons. The average molecular weight is 359 g/mol. The van der Waals surface area contributed by atoms with E-state index in [2.05, 4.69) is 0 Å². The fourth-order valence-electron chi connectivity index (χ4n) is 2.90. The predicted molar refractivity (Wildman–Crippen MR) is 98.6 cm³/mol. The van der Waals surface area contributed by atoms with Crippen molar-refractivity contribution in [1.82, 2.24) is 4.90 Å². The van der Waals surface area contributed by atoms with Gasteiger partial charge in [-0.3, -0.25) is 4.79 Å². The Labute approximate surface area is 153 Å². The summed E-state index contributed by atoms with van der Waals surface area (Å²) in [5.74, 6) is -0.571. The fourth-order valence-corrected chi connectivity index (χ4v) is 2.90. The van der Waals surface area contributed by atoms with Crippen LogP contribution in [0.5, 0.6) is 11.5 Å². The Balaban J connectivity index is 2.52. The number of aromatic hydroxyl groups is 1. The van der Waals surface area contributed by atoms with Crippen molar-refractivity contribution in [3.63, 3.8) is 0 Å². The quantitative estimate of drug-likeness (QED) is 0.597. The second-order valence-corrected chi connectivity index (χ2v) is 5.95. The monoisotopic (exact) mass is 359 g/mol. The number of amides is 1. The van der Waals surface area contributed by atoms with Gasteiger partial charge in [-0.2, -0.15) is 0 Å². The number of unbranched alkanes of at least 4 members (excludes halogenated alkanes) is 1. The van der Waals surface area contributed by atoms with Crippen LogP contribution in [0.15, 0.2) is 35.0 Å². The van der Waals surface area contributed by atoms with Gasteiger partial charge >= 0.3 is 5.97 Å². The van der Waals surface area contributed by atoms with Crippen LogP contribution in [-0.4, -0.2) is 42.1 Å². The minimum Gasteiger partial charge on any atom is -0.504 e. The van der Waals surface area contributed by atoms with E-state index >= 15 is 0 Å². The molecule has 1 aliphatic rings. The van der Waals surface area contributed by atoms with Gasteiger partial charge in [0.25, 0.3) is 5.91 Å². The van der Waals surface area contributed by atoms with E-state index in [0.29, 0.717) is 30.2 Å². The number of phenols is 1. The molecular weight excluding hydrogens is 334 g/mol. The van der Waals surface area contributed by atoms with Crippen molar-refractivity contribution in [2.24, 2.45) is 0 Å². The zero-order chi connectivity index (χ0) is 19.3. The number of esters is 1. The fraction of sp³-hybridized carbons (Fsp3) is 0.400. The van der Waals surface area contributed by atoms with E-state index in [-0.39, 0.29) is 22.8 Å². The number of hydrogen-bond acceptors (Lipinski definition) is 5. The second kappa shape index (κ2) is 8.56. The van der Waals surface area contributed by atoms with E-state index in [1.165, 1.54) is 13.2 Å². The molecule has 6 heteroatoms. The molecule has 1 aromatic rings. The first-order chi connectivity index (χ1) is 12.5. The maximum absolute atomic E-state index is 12.9. The van der Waals surface area contributed by atoms with Crippen molar-refractivity contribution >= 4 is 18.0 Å². The van der Waals surface area contributed by atoms with E-state index in [1.54, 1.807) is 30.0 Å². The number of carbonyl (C=O) groups excluding carboxylic acids is 2. The van der Waals surface area contributed by atoms with Gasteiger partial charge in [0.1, 0.15) is 0 Å². The third-order valence-electron chi connectivity index (χ3n) is 4.27. The SMILES string of the molecule is CCCCN1C(=O)/C(=C\c2cccc(OCC)c2O)C(C(=O)OC)=C1C. The van der Waals surface area contributed by atoms with Crippen LogP contribution in [0, 0.1) is 0 Å². The van der Waals surface area contributed by atoms with Crippen LogP contribution in [0.2, 0.25) is 0 Å². The summed E-state index contributed by atoms with van der Waals surface area (Å²) in [7, 11) is 1.28. The van der Waals surface area contributed by atoms with E-state index in [0.717, 1.165) is 12.8 Å². The third kappa shape index (κ3) is 3.74. The Morgan fingerprint density at radius 3 is 2.65 bits per heavy atom. The summed E-state index contributed by atoms with van der Waals surface area (Å²) in [4.78, 5) is 26.7. The van der Waals surface area contributed by atoms with Gasteiger partial charge in [-0.05, 0) is 32.4 Å². The lowest BCUT2D eigenvalue weighted by Crippen LogP contribution is -2.26. The summed E-state index contributed by atoms with van der Waals surface area (Å²) >= 11 is 0. The average Bonchev–Trinajstić information content (AvgIpc) is 2.86. The van der Waals surface area contributed by atoms with E-state index < -0.39 is 5.97 Å². The summed E-state index contributed by atoms with van der Waals surface area (Å²) in [5, 5.41) is 10.4. The number of phenolic OH excluding ortho intramolecular Hbond substituents is 1. The molecule has 2 rings (SSSR count). The molecule has 0 fully saturated rings. The number of rotatable bonds is 7. The first-order valence-corrected chi connectivity index (χ1v) is 8.74. The first kappa shape index (κ1) is 19.6. The largest absolute Gasteiger partial charge is 0.504 e. The normalized spacial score (nSPS) is 15.8. The van der Waals surface area contributed by atoms with Crippen LogP contribution in [-0.2, 0) is 14.3 Å². The lowest BCUT2D eigenvalue weighted by molar-refractivity contribution is -0.136. The van der Waals surface area contributed by atoms with Gasteiger partial charge < -0.3 is 19.5 Å². The molecule has 1 aliphatic heterocycles. The topological polar surface area (TPSA) is 76.1 Å². The van der Waals surface area contributed by atoms with Crippen LogP contribution < -0.4 is 4.74 Å². The highest BCUT2D eigenvalue weighted by Crippen LogP contribution is 2.36. The number of carbonyl (C=O) groups is 2. The number of benzene rings is 1. The lowest BCUT2D eigenvalue weighted by Gasteiger charge is -2.17. The Bertz CT molecular complexity index is 763. The molecule has 0 saturated heterocycles. The van der Waals surface area contributed by atoms with Gasteiger partial charge in [-0.1, -0.05) is 25.5 Å². The van der Waals surface area contributed by atoms with Crippen LogP contribution >= 0.6 is 0 Å². The summed E-state index contributed by atoms with van der Waals surface area (Å²) in [5.41, 5.74) is 1.43. The number of methoxy groups -OCH3 is 1. The molecule has 0 bridgehead atoms. The highest BCUT2D eigenvalue weighted by molar-refractivity contribution is 6.16. The van der Waals surface area contributed by atoms with Crippen molar-refractivity contribution in [1.29, 1.82) is 0 Å². The Morgan fingerprint density at radius 1 is 1.31 bits per heavy atom.